The number of nitrogens with zero attached hydrogens (tertiary/aromatic N) is 1. The van der Waals surface area contributed by atoms with E-state index in [0.29, 0.717) is 16.8 Å². The van der Waals surface area contributed by atoms with Gasteiger partial charge in [-0.05, 0) is 50.7 Å². The third kappa shape index (κ3) is 4.24. The van der Waals surface area contributed by atoms with E-state index in [2.05, 4.69) is 15.0 Å². The number of hydrogen-bond donors (Lipinski definition) is 2. The van der Waals surface area contributed by atoms with Crippen molar-refractivity contribution in [1.29, 1.82) is 0 Å². The van der Waals surface area contributed by atoms with Crippen molar-refractivity contribution in [2.75, 3.05) is 12.4 Å². The fourth-order valence-corrected chi connectivity index (χ4v) is 3.93. The summed E-state index contributed by atoms with van der Waals surface area (Å²) in [6.45, 7) is 3.71. The summed E-state index contributed by atoms with van der Waals surface area (Å²) < 4.78 is 26.2. The second-order valence-corrected chi connectivity index (χ2v) is 8.92. The maximum Gasteiger partial charge on any atom is 0.255 e. The van der Waals surface area contributed by atoms with Gasteiger partial charge in [-0.15, -0.1) is 11.3 Å². The Morgan fingerprint density at radius 3 is 2.37 bits per heavy atom. The summed E-state index contributed by atoms with van der Waals surface area (Å²) in [5.74, 6) is -0.363. The third-order valence-electron chi connectivity index (χ3n) is 4.09. The lowest BCUT2D eigenvalue weighted by Crippen LogP contribution is -2.20. The van der Waals surface area contributed by atoms with E-state index in [9.17, 15) is 13.2 Å². The van der Waals surface area contributed by atoms with Crippen LogP contribution in [-0.2, 0) is 10.0 Å². The molecule has 0 aliphatic heterocycles. The number of sulfonamides is 1. The topological polar surface area (TPSA) is 88.2 Å². The molecule has 0 aliphatic carbocycles. The van der Waals surface area contributed by atoms with Crippen LogP contribution in [0.25, 0.3) is 11.3 Å². The van der Waals surface area contributed by atoms with Gasteiger partial charge in [0.1, 0.15) is 0 Å². The maximum absolute atomic E-state index is 12.6. The lowest BCUT2D eigenvalue weighted by Gasteiger charge is -2.10. The molecule has 1 amide bonds. The smallest absolute Gasteiger partial charge is 0.255 e. The lowest BCUT2D eigenvalue weighted by atomic mass is 10.1. The van der Waals surface area contributed by atoms with Crippen molar-refractivity contribution in [3.05, 3.63) is 64.0 Å². The van der Waals surface area contributed by atoms with Crippen LogP contribution in [0.3, 0.4) is 0 Å². The number of carbonyl (C=O) groups excluding carboxylic acids is 1. The molecule has 140 valence electrons. The number of thiazole rings is 1. The molecule has 0 fully saturated rings. The van der Waals surface area contributed by atoms with Gasteiger partial charge in [0, 0.05) is 22.2 Å². The van der Waals surface area contributed by atoms with Gasteiger partial charge < -0.3 is 5.32 Å². The number of carbonyl (C=O) groups is 1. The number of aromatic nitrogens is 1. The maximum atomic E-state index is 12.6. The Morgan fingerprint density at radius 1 is 1.07 bits per heavy atom. The first kappa shape index (κ1) is 19.2. The predicted octanol–water partition coefficient (Wildman–Crippen LogP) is 3.59. The largest absolute Gasteiger partial charge is 0.322 e. The minimum absolute atomic E-state index is 0.0509. The van der Waals surface area contributed by atoms with Crippen molar-refractivity contribution < 1.29 is 13.2 Å². The van der Waals surface area contributed by atoms with E-state index in [1.807, 2.05) is 24.4 Å². The summed E-state index contributed by atoms with van der Waals surface area (Å²) in [5, 5.41) is 5.79. The van der Waals surface area contributed by atoms with Crippen molar-refractivity contribution in [2.24, 2.45) is 0 Å². The zero-order valence-corrected chi connectivity index (χ0v) is 16.7. The molecule has 1 heterocycles. The molecular formula is C19H19N3O3S2. The van der Waals surface area contributed by atoms with Crippen LogP contribution in [0.4, 0.5) is 5.69 Å². The summed E-state index contributed by atoms with van der Waals surface area (Å²) in [4.78, 5) is 17.1. The highest BCUT2D eigenvalue weighted by Crippen LogP contribution is 2.24. The molecule has 2 N–H and O–H groups in total. The van der Waals surface area contributed by atoms with Crippen LogP contribution in [-0.4, -0.2) is 26.4 Å². The highest BCUT2D eigenvalue weighted by Gasteiger charge is 2.16. The van der Waals surface area contributed by atoms with Gasteiger partial charge in [0.2, 0.25) is 10.0 Å². The first-order chi connectivity index (χ1) is 12.8. The molecule has 6 nitrogen and oxygen atoms in total. The SMILES string of the molecule is CNS(=O)(=O)c1ccc(C)c(C(=O)Nc2ccc(-c3csc(C)n3)cc2)c1. The molecule has 0 unspecified atom stereocenters. The Bertz CT molecular complexity index is 1090. The highest BCUT2D eigenvalue weighted by atomic mass is 32.2. The average molecular weight is 402 g/mol. The second kappa shape index (κ2) is 7.59. The van der Waals surface area contributed by atoms with Crippen LogP contribution >= 0.6 is 11.3 Å². The predicted molar refractivity (Wildman–Crippen MR) is 108 cm³/mol. The molecule has 8 heteroatoms. The zero-order chi connectivity index (χ0) is 19.6. The van der Waals surface area contributed by atoms with E-state index in [1.165, 1.54) is 19.2 Å². The quantitative estimate of drug-likeness (QED) is 0.684. The molecule has 0 saturated carbocycles. The van der Waals surface area contributed by atoms with E-state index in [4.69, 9.17) is 0 Å². The number of benzene rings is 2. The molecule has 0 saturated heterocycles. The van der Waals surface area contributed by atoms with E-state index in [1.54, 1.807) is 36.5 Å². The number of rotatable bonds is 5. The second-order valence-electron chi connectivity index (χ2n) is 5.97. The number of aryl methyl sites for hydroxylation is 2. The van der Waals surface area contributed by atoms with E-state index >= 15 is 0 Å². The molecule has 0 aliphatic rings. The van der Waals surface area contributed by atoms with E-state index in [0.717, 1.165) is 16.3 Å². The summed E-state index contributed by atoms with van der Waals surface area (Å²) in [6, 6.07) is 11.8. The molecule has 27 heavy (non-hydrogen) atoms. The Labute approximate surface area is 162 Å². The molecule has 1 aromatic heterocycles. The van der Waals surface area contributed by atoms with Crippen LogP contribution in [0, 0.1) is 13.8 Å². The van der Waals surface area contributed by atoms with E-state index < -0.39 is 10.0 Å². The minimum Gasteiger partial charge on any atom is -0.322 e. The highest BCUT2D eigenvalue weighted by molar-refractivity contribution is 7.89. The Hall–Kier alpha value is -2.55. The van der Waals surface area contributed by atoms with Crippen LogP contribution < -0.4 is 10.0 Å². The first-order valence-electron chi connectivity index (χ1n) is 8.18. The minimum atomic E-state index is -3.61. The third-order valence-corrected chi connectivity index (χ3v) is 6.28. The summed E-state index contributed by atoms with van der Waals surface area (Å²) >= 11 is 1.58. The Morgan fingerprint density at radius 2 is 1.78 bits per heavy atom. The monoisotopic (exact) mass is 401 g/mol. The zero-order valence-electron chi connectivity index (χ0n) is 15.1. The van der Waals surface area contributed by atoms with Crippen LogP contribution in [0.1, 0.15) is 20.9 Å². The van der Waals surface area contributed by atoms with Crippen LogP contribution in [0.15, 0.2) is 52.7 Å². The number of anilines is 1. The molecule has 2 aromatic carbocycles. The Kier molecular flexibility index (Phi) is 5.41. The van der Waals surface area contributed by atoms with Crippen molar-refractivity contribution in [1.82, 2.24) is 9.71 Å². The summed E-state index contributed by atoms with van der Waals surface area (Å²) in [5.41, 5.74) is 3.49. The molecule has 3 aromatic rings. The van der Waals surface area contributed by atoms with E-state index in [-0.39, 0.29) is 10.8 Å². The Balaban J connectivity index is 1.82. The van der Waals surface area contributed by atoms with Gasteiger partial charge in [-0.1, -0.05) is 18.2 Å². The van der Waals surface area contributed by atoms with Gasteiger partial charge >= 0.3 is 0 Å². The summed E-state index contributed by atoms with van der Waals surface area (Å²) in [6.07, 6.45) is 0. The fraction of sp³-hybridized carbons (Fsp3) is 0.158. The molecule has 0 bridgehead atoms. The molecule has 0 radical (unpaired) electrons. The molecular weight excluding hydrogens is 382 g/mol. The van der Waals surface area contributed by atoms with Crippen molar-refractivity contribution in [3.8, 4) is 11.3 Å². The van der Waals surface area contributed by atoms with Crippen molar-refractivity contribution in [2.45, 2.75) is 18.7 Å². The van der Waals surface area contributed by atoms with Gasteiger partial charge in [0.15, 0.2) is 0 Å². The van der Waals surface area contributed by atoms with Gasteiger partial charge in [-0.2, -0.15) is 0 Å². The van der Waals surface area contributed by atoms with Gasteiger partial charge in [-0.25, -0.2) is 18.1 Å². The first-order valence-corrected chi connectivity index (χ1v) is 10.5. The number of hydrogen-bond acceptors (Lipinski definition) is 5. The molecule has 3 rings (SSSR count). The van der Waals surface area contributed by atoms with Gasteiger partial charge in [0.05, 0.1) is 15.6 Å². The number of nitrogens with one attached hydrogen (secondary N) is 2. The normalized spacial score (nSPS) is 11.4. The standard InChI is InChI=1S/C19H19N3O3S2/c1-12-4-9-16(27(24,25)20-3)10-17(12)19(23)22-15-7-5-14(6-8-15)18-11-26-13(2)21-18/h4-11,20H,1-3H3,(H,22,23). The van der Waals surface area contributed by atoms with Crippen LogP contribution in [0.2, 0.25) is 0 Å². The fourth-order valence-electron chi connectivity index (χ4n) is 2.55. The van der Waals surface area contributed by atoms with Gasteiger partial charge in [0.25, 0.3) is 5.91 Å². The summed E-state index contributed by atoms with van der Waals surface area (Å²) in [7, 11) is -2.28. The van der Waals surface area contributed by atoms with Crippen molar-refractivity contribution in [3.63, 3.8) is 0 Å². The molecule has 0 spiro atoms. The van der Waals surface area contributed by atoms with Crippen molar-refractivity contribution >= 4 is 33.0 Å². The molecule has 0 atom stereocenters. The average Bonchev–Trinajstić information content (AvgIpc) is 3.09. The van der Waals surface area contributed by atoms with Gasteiger partial charge in [-0.3, -0.25) is 4.79 Å². The number of amides is 1. The van der Waals surface area contributed by atoms with Crippen LogP contribution in [0.5, 0.6) is 0 Å². The lowest BCUT2D eigenvalue weighted by molar-refractivity contribution is 0.102.